The number of aromatic nitrogens is 1. The van der Waals surface area contributed by atoms with Crippen molar-refractivity contribution in [3.05, 3.63) is 18.0 Å². The molecule has 7 nitrogen and oxygen atoms in total. The largest absolute Gasteiger partial charge is 0.352 e. The van der Waals surface area contributed by atoms with Crippen LogP contribution in [0.4, 0.5) is 0 Å². The summed E-state index contributed by atoms with van der Waals surface area (Å²) in [5.74, 6) is 0. The number of nitrogens with zero attached hydrogens (tertiary/aromatic N) is 3. The molecule has 1 aromatic rings. The van der Waals surface area contributed by atoms with Crippen LogP contribution in [0, 0.1) is 0 Å². The van der Waals surface area contributed by atoms with Gasteiger partial charge in [-0.05, 0) is 20.2 Å². The second-order valence-corrected chi connectivity index (χ2v) is 6.85. The highest BCUT2D eigenvalue weighted by Crippen LogP contribution is 2.14. The van der Waals surface area contributed by atoms with E-state index in [1.165, 1.54) is 0 Å². The van der Waals surface area contributed by atoms with Gasteiger partial charge in [0, 0.05) is 51.7 Å². The van der Waals surface area contributed by atoms with E-state index in [4.69, 9.17) is 0 Å². The number of likely N-dealkylation sites (N-methyl/N-ethyl adjacent to an activating group) is 1. The van der Waals surface area contributed by atoms with Crippen molar-refractivity contribution in [1.82, 2.24) is 24.6 Å². The smallest absolute Gasteiger partial charge is 0.254 e. The standard InChI is InChI=1S/C12H23N5O2S/c1-13-9-11-8-12(10-16(11)3)20(18,19)14-17-6-4-15(2)5-7-17/h8,10,13-14H,4-7,9H2,1-3H3. The highest BCUT2D eigenvalue weighted by atomic mass is 32.2. The van der Waals surface area contributed by atoms with E-state index in [9.17, 15) is 8.42 Å². The van der Waals surface area contributed by atoms with Crippen molar-refractivity contribution in [2.45, 2.75) is 11.4 Å². The van der Waals surface area contributed by atoms with Gasteiger partial charge in [-0.25, -0.2) is 13.4 Å². The van der Waals surface area contributed by atoms with Crippen molar-refractivity contribution < 1.29 is 8.42 Å². The summed E-state index contributed by atoms with van der Waals surface area (Å²) in [6.45, 7) is 3.77. The number of hydrogen-bond donors (Lipinski definition) is 2. The molecule has 2 rings (SSSR count). The molecule has 0 aromatic carbocycles. The van der Waals surface area contributed by atoms with Gasteiger partial charge in [-0.1, -0.05) is 0 Å². The lowest BCUT2D eigenvalue weighted by molar-refractivity contribution is 0.135. The van der Waals surface area contributed by atoms with E-state index in [2.05, 4.69) is 15.0 Å². The maximum Gasteiger partial charge on any atom is 0.254 e. The van der Waals surface area contributed by atoms with Crippen molar-refractivity contribution >= 4 is 10.0 Å². The van der Waals surface area contributed by atoms with Crippen LogP contribution in [0.15, 0.2) is 17.2 Å². The molecule has 1 saturated heterocycles. The molecular formula is C12H23N5O2S. The Bertz CT molecular complexity index is 546. The third-order valence-corrected chi connectivity index (χ3v) is 4.85. The van der Waals surface area contributed by atoms with E-state index in [0.29, 0.717) is 24.5 Å². The number of nitrogens with one attached hydrogen (secondary N) is 2. The lowest BCUT2D eigenvalue weighted by atomic mass is 10.4. The molecule has 0 unspecified atom stereocenters. The van der Waals surface area contributed by atoms with E-state index in [1.54, 1.807) is 17.3 Å². The Morgan fingerprint density at radius 3 is 2.45 bits per heavy atom. The van der Waals surface area contributed by atoms with Crippen LogP contribution in [0.1, 0.15) is 5.69 Å². The van der Waals surface area contributed by atoms with Crippen LogP contribution in [-0.2, 0) is 23.6 Å². The highest BCUT2D eigenvalue weighted by molar-refractivity contribution is 7.89. The minimum absolute atomic E-state index is 0.309. The summed E-state index contributed by atoms with van der Waals surface area (Å²) in [7, 11) is 2.23. The summed E-state index contributed by atoms with van der Waals surface area (Å²) in [4.78, 5) is 5.15. The predicted molar refractivity (Wildman–Crippen MR) is 77.6 cm³/mol. The van der Waals surface area contributed by atoms with Crippen molar-refractivity contribution in [3.8, 4) is 0 Å². The molecule has 2 heterocycles. The first-order valence-corrected chi connectivity index (χ1v) is 8.16. The van der Waals surface area contributed by atoms with Crippen LogP contribution in [0.3, 0.4) is 0 Å². The van der Waals surface area contributed by atoms with Crippen LogP contribution in [0.5, 0.6) is 0 Å². The minimum atomic E-state index is -3.49. The third kappa shape index (κ3) is 3.58. The molecule has 0 amide bonds. The quantitative estimate of drug-likeness (QED) is 0.744. The summed E-state index contributed by atoms with van der Waals surface area (Å²) in [5.41, 5.74) is 0.936. The van der Waals surface area contributed by atoms with Gasteiger partial charge in [0.2, 0.25) is 0 Å². The zero-order valence-corrected chi connectivity index (χ0v) is 13.1. The number of aryl methyl sites for hydroxylation is 1. The van der Waals surface area contributed by atoms with E-state index in [-0.39, 0.29) is 0 Å². The zero-order chi connectivity index (χ0) is 14.8. The number of sulfonamides is 1. The molecule has 0 saturated carbocycles. The summed E-state index contributed by atoms with van der Waals surface area (Å²) in [5, 5.41) is 4.79. The van der Waals surface area contributed by atoms with E-state index < -0.39 is 10.0 Å². The van der Waals surface area contributed by atoms with Crippen molar-refractivity contribution in [1.29, 1.82) is 0 Å². The van der Waals surface area contributed by atoms with Gasteiger partial charge in [0.25, 0.3) is 10.0 Å². The maximum atomic E-state index is 12.4. The third-order valence-electron chi connectivity index (χ3n) is 3.50. The zero-order valence-electron chi connectivity index (χ0n) is 12.3. The Labute approximate surface area is 120 Å². The molecule has 1 aliphatic heterocycles. The first kappa shape index (κ1) is 15.5. The fourth-order valence-electron chi connectivity index (χ4n) is 2.20. The minimum Gasteiger partial charge on any atom is -0.352 e. The Hall–Kier alpha value is -0.930. The number of rotatable bonds is 5. The molecule has 1 aliphatic rings. The van der Waals surface area contributed by atoms with Crippen LogP contribution in [0.25, 0.3) is 0 Å². The lowest BCUT2D eigenvalue weighted by Gasteiger charge is -2.31. The van der Waals surface area contributed by atoms with Gasteiger partial charge >= 0.3 is 0 Å². The summed E-state index contributed by atoms with van der Waals surface area (Å²) >= 11 is 0. The summed E-state index contributed by atoms with van der Waals surface area (Å²) < 4.78 is 26.5. The fourth-order valence-corrected chi connectivity index (χ4v) is 3.42. The van der Waals surface area contributed by atoms with Crippen LogP contribution >= 0.6 is 0 Å². The molecule has 20 heavy (non-hydrogen) atoms. The molecule has 0 radical (unpaired) electrons. The Balaban J connectivity index is 2.08. The van der Waals surface area contributed by atoms with Crippen LogP contribution in [-0.4, -0.2) is 63.2 Å². The van der Waals surface area contributed by atoms with E-state index in [0.717, 1.165) is 18.8 Å². The highest BCUT2D eigenvalue weighted by Gasteiger charge is 2.22. The molecule has 1 fully saturated rings. The van der Waals surface area contributed by atoms with E-state index >= 15 is 0 Å². The lowest BCUT2D eigenvalue weighted by Crippen LogP contribution is -2.52. The first-order valence-electron chi connectivity index (χ1n) is 6.68. The van der Waals surface area contributed by atoms with Gasteiger partial charge in [-0.15, -0.1) is 4.83 Å². The molecule has 114 valence electrons. The monoisotopic (exact) mass is 301 g/mol. The van der Waals surface area contributed by atoms with Crippen molar-refractivity contribution in [2.75, 3.05) is 40.3 Å². The average molecular weight is 301 g/mol. The average Bonchev–Trinajstić information content (AvgIpc) is 2.75. The second-order valence-electron chi connectivity index (χ2n) is 5.19. The summed E-state index contributed by atoms with van der Waals surface area (Å²) in [6, 6.07) is 1.70. The first-order chi connectivity index (χ1) is 9.42. The molecular weight excluding hydrogens is 278 g/mol. The predicted octanol–water partition coefficient (Wildman–Crippen LogP) is -0.815. The normalized spacial score (nSPS) is 18.6. The SMILES string of the molecule is CNCc1cc(S(=O)(=O)NN2CCN(C)CC2)cn1C. The molecule has 8 heteroatoms. The molecule has 2 N–H and O–H groups in total. The maximum absolute atomic E-state index is 12.4. The molecule has 0 atom stereocenters. The van der Waals surface area contributed by atoms with Crippen molar-refractivity contribution in [3.63, 3.8) is 0 Å². The molecule has 0 aliphatic carbocycles. The summed E-state index contributed by atoms with van der Waals surface area (Å²) in [6.07, 6.45) is 1.64. The Morgan fingerprint density at radius 1 is 1.20 bits per heavy atom. The van der Waals surface area contributed by atoms with Gasteiger partial charge in [0.15, 0.2) is 0 Å². The Kier molecular flexibility index (Phi) is 4.82. The van der Waals surface area contributed by atoms with Gasteiger partial charge in [0.05, 0.1) is 0 Å². The second kappa shape index (κ2) is 6.23. The topological polar surface area (TPSA) is 69.6 Å². The van der Waals surface area contributed by atoms with Gasteiger partial charge in [0.1, 0.15) is 4.90 Å². The van der Waals surface area contributed by atoms with Crippen LogP contribution in [0.2, 0.25) is 0 Å². The van der Waals surface area contributed by atoms with Gasteiger partial charge < -0.3 is 14.8 Å². The Morgan fingerprint density at radius 2 is 1.85 bits per heavy atom. The van der Waals surface area contributed by atoms with Crippen molar-refractivity contribution in [2.24, 2.45) is 7.05 Å². The molecule has 1 aromatic heterocycles. The number of hydrogen-bond acceptors (Lipinski definition) is 5. The van der Waals surface area contributed by atoms with Crippen LogP contribution < -0.4 is 10.1 Å². The number of hydrazine groups is 1. The number of piperazine rings is 1. The molecule has 0 spiro atoms. The van der Waals surface area contributed by atoms with Gasteiger partial charge in [-0.2, -0.15) is 0 Å². The fraction of sp³-hybridized carbons (Fsp3) is 0.667. The molecule has 0 bridgehead atoms. The van der Waals surface area contributed by atoms with E-state index in [1.807, 2.05) is 25.7 Å². The van der Waals surface area contributed by atoms with Gasteiger partial charge in [-0.3, -0.25) is 0 Å².